The second-order valence-electron chi connectivity index (χ2n) is 23.4. The van der Waals surface area contributed by atoms with Crippen LogP contribution in [0.25, 0.3) is 0 Å². The average molecular weight is 1120 g/mol. The van der Waals surface area contributed by atoms with E-state index in [-0.39, 0.29) is 60.5 Å². The van der Waals surface area contributed by atoms with Gasteiger partial charge in [-0.15, -0.1) is 0 Å². The molecule has 1 N–H and O–H groups in total. The zero-order valence-electron chi connectivity index (χ0n) is 50.5. The summed E-state index contributed by atoms with van der Waals surface area (Å²) in [4.78, 5) is 38.8. The van der Waals surface area contributed by atoms with Crippen molar-refractivity contribution in [3.63, 3.8) is 0 Å². The number of ketones is 2. The van der Waals surface area contributed by atoms with Gasteiger partial charge >= 0.3 is 0 Å². The van der Waals surface area contributed by atoms with E-state index in [1.165, 1.54) is 0 Å². The smallest absolute Gasteiger partial charge is 0.231 e. The predicted octanol–water partition coefficient (Wildman–Crippen LogP) is 15.2. The van der Waals surface area contributed by atoms with Crippen LogP contribution >= 0.6 is 0 Å². The molecular formula is C68H88N2O10Si. The number of carbonyl (C=O) groups excluding carboxylic acids is 2. The molecule has 0 saturated heterocycles. The Balaban J connectivity index is 0.000000237. The van der Waals surface area contributed by atoms with Gasteiger partial charge in [0.2, 0.25) is 25.2 Å². The van der Waals surface area contributed by atoms with Crippen LogP contribution in [0.5, 0.6) is 34.5 Å². The lowest BCUT2D eigenvalue weighted by Crippen LogP contribution is -2.41. The highest BCUT2D eigenvalue weighted by Gasteiger charge is 2.37. The minimum absolute atomic E-state index is 0.0130. The molecule has 12 nitrogen and oxygen atoms in total. The van der Waals surface area contributed by atoms with Crippen LogP contribution in [0.1, 0.15) is 190 Å². The molecule has 6 aromatic rings. The van der Waals surface area contributed by atoms with Gasteiger partial charge in [-0.3, -0.25) is 9.59 Å². The molecule has 4 aromatic carbocycles. The molecule has 0 radical (unpaired) electrons. The summed E-state index contributed by atoms with van der Waals surface area (Å²) >= 11 is 0. The molecule has 2 aliphatic rings. The molecule has 0 aliphatic carbocycles. The van der Waals surface area contributed by atoms with Gasteiger partial charge in [0, 0.05) is 47.6 Å². The zero-order chi connectivity index (χ0) is 58.4. The van der Waals surface area contributed by atoms with Crippen molar-refractivity contribution >= 4 is 19.9 Å². The predicted molar refractivity (Wildman–Crippen MR) is 324 cm³/mol. The molecule has 2 aliphatic heterocycles. The van der Waals surface area contributed by atoms with E-state index >= 15 is 0 Å². The summed E-state index contributed by atoms with van der Waals surface area (Å²) in [5, 5.41) is 9.82. The van der Waals surface area contributed by atoms with Crippen molar-refractivity contribution < 1.29 is 47.5 Å². The molecule has 4 heterocycles. The lowest BCUT2D eigenvalue weighted by molar-refractivity contribution is 0.102. The summed E-state index contributed by atoms with van der Waals surface area (Å²) in [6.07, 6.45) is 8.72. The maximum absolute atomic E-state index is 14.6. The van der Waals surface area contributed by atoms with E-state index in [2.05, 4.69) is 98.8 Å². The van der Waals surface area contributed by atoms with E-state index in [9.17, 15) is 14.7 Å². The number of pyridine rings is 2. The number of methoxy groups -OCH3 is 2. The quantitative estimate of drug-likeness (QED) is 0.0408. The molecule has 13 heteroatoms. The number of aliphatic hydroxyl groups excluding tert-OH is 1. The van der Waals surface area contributed by atoms with Crippen molar-refractivity contribution in [2.45, 2.75) is 156 Å². The number of hydrogen-bond acceptors (Lipinski definition) is 12. The normalized spacial score (nSPS) is 14.1. The lowest BCUT2D eigenvalue weighted by atomic mass is 9.85. The van der Waals surface area contributed by atoms with Gasteiger partial charge in [0.05, 0.1) is 14.2 Å². The molecule has 0 spiro atoms. The average Bonchev–Trinajstić information content (AvgIpc) is 4.17. The van der Waals surface area contributed by atoms with Crippen LogP contribution < -0.4 is 28.4 Å². The Kier molecular flexibility index (Phi) is 21.8. The van der Waals surface area contributed by atoms with Gasteiger partial charge in [-0.1, -0.05) is 99.4 Å². The Hall–Kier alpha value is -6.54. The number of carbonyl (C=O) groups is 2. The van der Waals surface area contributed by atoms with Gasteiger partial charge in [-0.2, -0.15) is 0 Å². The summed E-state index contributed by atoms with van der Waals surface area (Å²) in [6.45, 7) is 25.2. The monoisotopic (exact) mass is 1120 g/mol. The SMILES string of the molecule is CCCCc1ccc(C(CC)c2ccc3c(c2)OCO3)c(C(=O)c2ccc(OC)cc2C[C@H](C)CO)n1.CCCCc1ccc(C(CC)c2ccc3c(c2)OCO3)c(C(=O)c2ccc(OC)cc2C[C@H](C)CO[Si](C)(C)C(C)(C)C)n1. The first kappa shape index (κ1) is 62.1. The number of aliphatic hydroxyl groups is 1. The molecule has 2 aromatic heterocycles. The van der Waals surface area contributed by atoms with Gasteiger partial charge in [-0.25, -0.2) is 9.97 Å². The number of hydrogen-bond donors (Lipinski definition) is 1. The second-order valence-corrected chi connectivity index (χ2v) is 28.2. The highest BCUT2D eigenvalue weighted by Crippen LogP contribution is 2.42. The Morgan fingerprint density at radius 2 is 1.02 bits per heavy atom. The molecule has 0 bridgehead atoms. The maximum atomic E-state index is 14.6. The van der Waals surface area contributed by atoms with Crippen molar-refractivity contribution in [2.24, 2.45) is 11.8 Å². The molecule has 434 valence electrons. The Morgan fingerprint density at radius 3 is 1.42 bits per heavy atom. The zero-order valence-corrected chi connectivity index (χ0v) is 51.5. The first-order chi connectivity index (χ1) is 38.9. The molecule has 8 rings (SSSR count). The molecule has 2 unspecified atom stereocenters. The fraction of sp³-hybridized carbons (Fsp3) is 0.471. The topological polar surface area (TPSA) is 145 Å². The van der Waals surface area contributed by atoms with Crippen LogP contribution in [-0.4, -0.2) is 76.0 Å². The third-order valence-corrected chi connectivity index (χ3v) is 20.7. The van der Waals surface area contributed by atoms with E-state index in [1.54, 1.807) is 14.2 Å². The van der Waals surface area contributed by atoms with E-state index in [4.69, 9.17) is 42.8 Å². The fourth-order valence-electron chi connectivity index (χ4n) is 10.3. The summed E-state index contributed by atoms with van der Waals surface area (Å²) in [5.41, 5.74) is 9.97. The minimum atomic E-state index is -1.89. The lowest BCUT2D eigenvalue weighted by Gasteiger charge is -2.37. The standard InChI is InChI=1S/C37H51NO5Si.C31H37NO5/c1-10-12-13-28-15-17-32(30(11-2)26-14-19-33-34(22-26)42-24-41-33)35(38-28)36(39)31-18-16-29(40-7)21-27(31)20-25(3)23-43-44(8,9)37(4,5)6;1-5-7-8-23-10-12-27(25(6-2)21-9-14-28-29(17-21)37-19-36-28)30(32-23)31(34)26-13-11-24(35-4)16-22(26)15-20(3)18-33/h14-19,21-22,25,30H,10-13,20,23-24H2,1-9H3;9-14,16-17,20,25,33H,5-8,15,18-19H2,1-4H3/t25-,30?;20-,25?/m00/s1. The third kappa shape index (κ3) is 15.3. The fourth-order valence-corrected chi connectivity index (χ4v) is 11.5. The summed E-state index contributed by atoms with van der Waals surface area (Å²) in [6, 6.07) is 31.7. The number of rotatable bonds is 26. The minimum Gasteiger partial charge on any atom is -0.497 e. The molecular weight excluding hydrogens is 1030 g/mol. The number of fused-ring (bicyclic) bond motifs is 2. The van der Waals surface area contributed by atoms with Gasteiger partial charge in [-0.05, 0) is 188 Å². The molecule has 0 saturated carbocycles. The van der Waals surface area contributed by atoms with E-state index in [0.29, 0.717) is 47.7 Å². The summed E-state index contributed by atoms with van der Waals surface area (Å²) in [5.74, 6) is 4.43. The van der Waals surface area contributed by atoms with Crippen LogP contribution in [0.2, 0.25) is 18.1 Å². The number of unbranched alkanes of at least 4 members (excludes halogenated alkanes) is 2. The molecule has 81 heavy (non-hydrogen) atoms. The highest BCUT2D eigenvalue weighted by molar-refractivity contribution is 6.74. The summed E-state index contributed by atoms with van der Waals surface area (Å²) in [7, 11) is 1.39. The highest BCUT2D eigenvalue weighted by atomic mass is 28.4. The van der Waals surface area contributed by atoms with Crippen LogP contribution in [0.15, 0.2) is 97.1 Å². The number of ether oxygens (including phenoxy) is 6. The third-order valence-electron chi connectivity index (χ3n) is 16.2. The van der Waals surface area contributed by atoms with Crippen molar-refractivity contribution in [1.29, 1.82) is 0 Å². The Morgan fingerprint density at radius 1 is 0.593 bits per heavy atom. The maximum Gasteiger partial charge on any atom is 0.231 e. The van der Waals surface area contributed by atoms with Gasteiger partial charge in [0.15, 0.2) is 31.3 Å². The van der Waals surface area contributed by atoms with Crippen LogP contribution in [-0.2, 0) is 30.1 Å². The van der Waals surface area contributed by atoms with E-state index < -0.39 is 8.32 Å². The van der Waals surface area contributed by atoms with E-state index in [0.717, 1.165) is 125 Å². The first-order valence-corrected chi connectivity index (χ1v) is 32.2. The van der Waals surface area contributed by atoms with Crippen LogP contribution in [0, 0.1) is 11.8 Å². The number of nitrogens with zero attached hydrogens (tertiary/aromatic N) is 2. The number of aryl methyl sites for hydroxylation is 2. The van der Waals surface area contributed by atoms with Crippen molar-refractivity contribution in [2.75, 3.05) is 41.0 Å². The first-order valence-electron chi connectivity index (χ1n) is 29.3. The van der Waals surface area contributed by atoms with Crippen LogP contribution in [0.3, 0.4) is 0 Å². The van der Waals surface area contributed by atoms with Gasteiger partial charge in [0.1, 0.15) is 22.9 Å². The molecule has 0 amide bonds. The van der Waals surface area contributed by atoms with Crippen molar-refractivity contribution in [3.05, 3.63) is 164 Å². The Labute approximate surface area is 483 Å². The second kappa shape index (κ2) is 28.4. The Bertz CT molecular complexity index is 3090. The largest absolute Gasteiger partial charge is 0.497 e. The van der Waals surface area contributed by atoms with E-state index in [1.807, 2.05) is 73.7 Å². The van der Waals surface area contributed by atoms with Gasteiger partial charge in [0.25, 0.3) is 0 Å². The van der Waals surface area contributed by atoms with Crippen molar-refractivity contribution in [3.8, 4) is 34.5 Å². The number of benzene rings is 4. The van der Waals surface area contributed by atoms with Crippen molar-refractivity contribution in [1.82, 2.24) is 9.97 Å². The summed E-state index contributed by atoms with van der Waals surface area (Å²) < 4.78 is 40.0. The molecule has 4 atom stereocenters. The van der Waals surface area contributed by atoms with Crippen LogP contribution in [0.4, 0.5) is 0 Å². The van der Waals surface area contributed by atoms with Gasteiger partial charge < -0.3 is 38.0 Å². The molecule has 0 fully saturated rings. The number of aromatic nitrogens is 2.